The first kappa shape index (κ1) is 12.8. The monoisotopic (exact) mass is 292 g/mol. The molecule has 0 saturated carbocycles. The van der Waals surface area contributed by atoms with Crippen LogP contribution in [0.3, 0.4) is 0 Å². The van der Waals surface area contributed by atoms with Gasteiger partial charge in [0.05, 0.1) is 0 Å². The van der Waals surface area contributed by atoms with Gasteiger partial charge in [-0.2, -0.15) is 0 Å². The van der Waals surface area contributed by atoms with Gasteiger partial charge in [-0.05, 0) is 9.91 Å². The van der Waals surface area contributed by atoms with Crippen molar-refractivity contribution >= 4 is 22.7 Å². The van der Waals surface area contributed by atoms with Crippen LogP contribution in [0.25, 0.3) is 11.2 Å². The average molecular weight is 292 g/mol. The summed E-state index contributed by atoms with van der Waals surface area (Å²) in [6, 6.07) is 1.31. The molecule has 108 valence electrons. The van der Waals surface area contributed by atoms with Gasteiger partial charge in [0.15, 0.2) is 0 Å². The molecule has 0 atom stereocenters. The van der Waals surface area contributed by atoms with Gasteiger partial charge in [-0.15, -0.1) is 0 Å². The van der Waals surface area contributed by atoms with E-state index in [1.165, 1.54) is 23.4 Å². The second-order valence-corrected chi connectivity index (χ2v) is 4.24. The molecule has 0 radical (unpaired) electrons. The lowest BCUT2D eigenvalue weighted by molar-refractivity contribution is -0.388. The fraction of sp³-hybridized carbons (Fsp3) is 0.100. The smallest absolute Gasteiger partial charge is 0.358 e. The largest absolute Gasteiger partial charge is 0.389 e. The normalized spacial score (nSPS) is 14.1. The van der Waals surface area contributed by atoms with Gasteiger partial charge >= 0.3 is 16.9 Å². The van der Waals surface area contributed by atoms with Crippen molar-refractivity contribution in [3.8, 4) is 0 Å². The highest BCUT2D eigenvalue weighted by Crippen LogP contribution is 2.30. The molecule has 3 N–H and O–H groups in total. The van der Waals surface area contributed by atoms with E-state index in [1.807, 2.05) is 0 Å². The zero-order chi connectivity index (χ0) is 15.1. The van der Waals surface area contributed by atoms with E-state index in [4.69, 9.17) is 0 Å². The van der Waals surface area contributed by atoms with Gasteiger partial charge in [-0.25, -0.2) is 5.06 Å². The van der Waals surface area contributed by atoms with Gasteiger partial charge < -0.3 is 20.0 Å². The summed E-state index contributed by atoms with van der Waals surface area (Å²) >= 11 is 0. The Hall–Kier alpha value is -3.21. The fourth-order valence-electron chi connectivity index (χ4n) is 1.94. The molecule has 0 unspecified atom stereocenters. The molecule has 0 aromatic carbocycles. The van der Waals surface area contributed by atoms with Crippen molar-refractivity contribution in [3.05, 3.63) is 49.3 Å². The summed E-state index contributed by atoms with van der Waals surface area (Å²) in [5.74, 6) is -0.509. The molecule has 0 saturated heterocycles. The van der Waals surface area contributed by atoms with Crippen LogP contribution in [0.2, 0.25) is 0 Å². The Labute approximate surface area is 114 Å². The quantitative estimate of drug-likeness (QED) is 0.379. The molecular weight excluding hydrogens is 284 g/mol. The predicted molar refractivity (Wildman–Crippen MR) is 69.8 cm³/mol. The van der Waals surface area contributed by atoms with E-state index in [0.29, 0.717) is 0 Å². The zero-order valence-electron chi connectivity index (χ0n) is 10.3. The van der Waals surface area contributed by atoms with E-state index in [2.05, 4.69) is 15.0 Å². The zero-order valence-corrected chi connectivity index (χ0v) is 10.3. The summed E-state index contributed by atoms with van der Waals surface area (Å²) in [6.45, 7) is -0.0262. The average Bonchev–Trinajstić information content (AvgIpc) is 2.85. The van der Waals surface area contributed by atoms with Gasteiger partial charge in [0.2, 0.25) is 0 Å². The number of aromatic nitrogens is 3. The minimum atomic E-state index is -0.945. The second kappa shape index (κ2) is 4.42. The van der Waals surface area contributed by atoms with Crippen LogP contribution in [0, 0.1) is 10.1 Å². The number of rotatable bonds is 2. The summed E-state index contributed by atoms with van der Waals surface area (Å²) in [5, 5.41) is 21.2. The Morgan fingerprint density at radius 3 is 2.62 bits per heavy atom. The van der Waals surface area contributed by atoms with Crippen molar-refractivity contribution in [2.45, 2.75) is 0 Å². The highest BCUT2D eigenvalue weighted by atomic mass is 16.6. The van der Waals surface area contributed by atoms with Crippen LogP contribution in [0.5, 0.6) is 0 Å². The number of hydrogen-bond acceptors (Lipinski definition) is 8. The summed E-state index contributed by atoms with van der Waals surface area (Å²) < 4.78 is 0. The number of hydrogen-bond donors (Lipinski definition) is 3. The summed E-state index contributed by atoms with van der Waals surface area (Å²) in [4.78, 5) is 42.5. The van der Waals surface area contributed by atoms with Crippen LogP contribution in [0.15, 0.2) is 28.1 Å². The first-order valence-electron chi connectivity index (χ1n) is 5.68. The minimum absolute atomic E-state index is 0.0262. The number of pyridine rings is 1. The molecule has 11 heteroatoms. The molecule has 11 nitrogen and oxygen atoms in total. The van der Waals surface area contributed by atoms with Crippen LogP contribution >= 0.6 is 0 Å². The van der Waals surface area contributed by atoms with Gasteiger partial charge in [0.1, 0.15) is 17.9 Å². The maximum Gasteiger partial charge on any atom is 0.389 e. The Morgan fingerprint density at radius 1 is 1.29 bits per heavy atom. The number of nitrogens with zero attached hydrogens (tertiary/aromatic N) is 4. The van der Waals surface area contributed by atoms with Gasteiger partial charge in [-0.1, -0.05) is 0 Å². The van der Waals surface area contributed by atoms with E-state index in [1.54, 1.807) is 0 Å². The van der Waals surface area contributed by atoms with Crippen LogP contribution < -0.4 is 16.0 Å². The Morgan fingerprint density at radius 2 is 2.00 bits per heavy atom. The van der Waals surface area contributed by atoms with Crippen molar-refractivity contribution in [2.75, 3.05) is 11.6 Å². The van der Waals surface area contributed by atoms with Crippen molar-refractivity contribution in [2.24, 2.45) is 0 Å². The third-order valence-corrected chi connectivity index (χ3v) is 2.87. The number of fused-ring (bicyclic) bond motifs is 1. The number of anilines is 1. The molecular formula is C10H8N6O5. The van der Waals surface area contributed by atoms with Crippen molar-refractivity contribution in [3.63, 3.8) is 0 Å². The molecule has 1 aliphatic heterocycles. The maximum atomic E-state index is 11.3. The predicted octanol–water partition coefficient (Wildman–Crippen LogP) is -0.541. The molecule has 0 spiro atoms. The first-order valence-corrected chi connectivity index (χ1v) is 5.68. The van der Waals surface area contributed by atoms with E-state index >= 15 is 0 Å². The SMILES string of the molecule is O=c1[nH]c2cc(N3C=CN(O)C3)c([N+](=O)[O-])nc2[nH]c1=O. The second-order valence-electron chi connectivity index (χ2n) is 4.24. The lowest BCUT2D eigenvalue weighted by Crippen LogP contribution is -2.29. The number of nitrogens with one attached hydrogen (secondary N) is 2. The molecule has 0 aliphatic carbocycles. The molecule has 2 aromatic heterocycles. The van der Waals surface area contributed by atoms with E-state index < -0.39 is 21.9 Å². The van der Waals surface area contributed by atoms with Gasteiger partial charge in [0, 0.05) is 18.5 Å². The topological polar surface area (TPSA) is 148 Å². The molecule has 1 aliphatic rings. The fourth-order valence-corrected chi connectivity index (χ4v) is 1.94. The summed E-state index contributed by atoms with van der Waals surface area (Å²) in [7, 11) is 0. The molecule has 21 heavy (non-hydrogen) atoms. The first-order chi connectivity index (χ1) is 9.95. The van der Waals surface area contributed by atoms with Crippen LogP contribution in [0.4, 0.5) is 11.5 Å². The van der Waals surface area contributed by atoms with E-state index in [9.17, 15) is 24.9 Å². The standard InChI is InChI=1S/C10H8N6O5/c17-9-10(18)13-7-5(11-9)3-6(8(12-7)16(20)21)14-1-2-15(19)4-14/h1-3,19H,4H2,(H,11,17)(H,12,13,18). The Bertz CT molecular complexity index is 884. The number of nitro groups is 1. The number of H-pyrrole nitrogens is 2. The third kappa shape index (κ3) is 2.10. The minimum Gasteiger partial charge on any atom is -0.358 e. The lowest BCUT2D eigenvalue weighted by atomic mass is 10.3. The number of hydroxylamine groups is 2. The van der Waals surface area contributed by atoms with Crippen molar-refractivity contribution in [1.29, 1.82) is 0 Å². The van der Waals surface area contributed by atoms with Gasteiger partial charge in [0.25, 0.3) is 5.65 Å². The molecule has 0 bridgehead atoms. The third-order valence-electron chi connectivity index (χ3n) is 2.87. The van der Waals surface area contributed by atoms with E-state index in [0.717, 1.165) is 5.06 Å². The summed E-state index contributed by atoms with van der Waals surface area (Å²) in [5.41, 5.74) is -1.71. The lowest BCUT2D eigenvalue weighted by Gasteiger charge is -2.16. The Kier molecular flexibility index (Phi) is 2.69. The van der Waals surface area contributed by atoms with Crippen molar-refractivity contribution in [1.82, 2.24) is 20.0 Å². The number of aromatic amines is 2. The van der Waals surface area contributed by atoms with Crippen LogP contribution in [-0.2, 0) is 0 Å². The molecule has 0 fully saturated rings. The van der Waals surface area contributed by atoms with E-state index in [-0.39, 0.29) is 23.5 Å². The molecule has 3 rings (SSSR count). The maximum absolute atomic E-state index is 11.3. The highest BCUT2D eigenvalue weighted by Gasteiger charge is 2.25. The van der Waals surface area contributed by atoms with Crippen LogP contribution in [0.1, 0.15) is 0 Å². The molecule has 2 aromatic rings. The van der Waals surface area contributed by atoms with Crippen LogP contribution in [-0.4, -0.2) is 36.8 Å². The summed E-state index contributed by atoms with van der Waals surface area (Å²) in [6.07, 6.45) is 2.73. The Balaban J connectivity index is 2.27. The highest BCUT2D eigenvalue weighted by molar-refractivity contribution is 5.79. The molecule has 3 heterocycles. The van der Waals surface area contributed by atoms with Crippen molar-refractivity contribution < 1.29 is 10.1 Å². The van der Waals surface area contributed by atoms with Gasteiger partial charge in [-0.3, -0.25) is 19.8 Å². The molecule has 0 amide bonds.